The van der Waals surface area contributed by atoms with E-state index in [1.165, 1.54) is 23.6 Å². The third-order valence-electron chi connectivity index (χ3n) is 4.43. The Hall–Kier alpha value is -2.14. The Labute approximate surface area is 136 Å². The topological polar surface area (TPSA) is 47.4 Å². The number of piperidine rings is 1. The molecule has 0 N–H and O–H groups in total. The number of hydrogen-bond donors (Lipinski definition) is 0. The number of aryl methyl sites for hydroxylation is 1. The molecule has 0 atom stereocenters. The minimum absolute atomic E-state index is 0.105. The number of likely N-dealkylation sites (tertiary alicyclic amines) is 1. The summed E-state index contributed by atoms with van der Waals surface area (Å²) in [6.07, 6.45) is 2.41. The van der Waals surface area contributed by atoms with Gasteiger partial charge in [0.15, 0.2) is 0 Å². The van der Waals surface area contributed by atoms with E-state index in [-0.39, 0.29) is 5.56 Å². The van der Waals surface area contributed by atoms with Gasteiger partial charge in [0.1, 0.15) is 5.75 Å². The summed E-state index contributed by atoms with van der Waals surface area (Å²) in [4.78, 5) is 13.8. The molecule has 0 unspecified atom stereocenters. The molecule has 1 aromatic heterocycles. The second-order valence-corrected chi connectivity index (χ2v) is 6.26. The van der Waals surface area contributed by atoms with Gasteiger partial charge in [-0.3, -0.25) is 4.79 Å². The Bertz CT molecular complexity index is 701. The highest BCUT2D eigenvalue weighted by Crippen LogP contribution is 2.22. The Kier molecular flexibility index (Phi) is 4.76. The van der Waals surface area contributed by atoms with Crippen LogP contribution in [-0.4, -0.2) is 41.4 Å². The van der Waals surface area contributed by atoms with Gasteiger partial charge in [0, 0.05) is 18.7 Å². The molecular formula is C18H23N3O2. The van der Waals surface area contributed by atoms with E-state index >= 15 is 0 Å². The van der Waals surface area contributed by atoms with Gasteiger partial charge in [-0.15, -0.1) is 0 Å². The van der Waals surface area contributed by atoms with E-state index in [1.54, 1.807) is 13.1 Å². The highest BCUT2D eigenvalue weighted by molar-refractivity contribution is 5.59. The average Bonchev–Trinajstić information content (AvgIpc) is 2.57. The van der Waals surface area contributed by atoms with Crippen LogP contribution in [0.1, 0.15) is 12.8 Å². The molecule has 1 aliphatic rings. The lowest BCUT2D eigenvalue weighted by Crippen LogP contribution is -2.32. The number of aromatic nitrogens is 2. The third-order valence-corrected chi connectivity index (χ3v) is 4.43. The van der Waals surface area contributed by atoms with E-state index in [1.807, 2.05) is 24.3 Å². The van der Waals surface area contributed by atoms with Gasteiger partial charge in [0.25, 0.3) is 5.56 Å². The molecule has 0 bridgehead atoms. The maximum absolute atomic E-state index is 11.4. The minimum Gasteiger partial charge on any atom is -0.493 e. The quantitative estimate of drug-likeness (QED) is 0.868. The van der Waals surface area contributed by atoms with Gasteiger partial charge < -0.3 is 9.64 Å². The van der Waals surface area contributed by atoms with Gasteiger partial charge in [-0.1, -0.05) is 0 Å². The lowest BCUT2D eigenvalue weighted by molar-refractivity contribution is 0.160. The Morgan fingerprint density at radius 3 is 2.43 bits per heavy atom. The standard InChI is InChI=1S/C18H23N3O2/c1-20-11-9-14(10-12-20)13-23-16-5-3-15(4-6-16)17-7-8-18(22)21(2)19-17/h3-8,14H,9-13H2,1-2H3. The molecule has 0 radical (unpaired) electrons. The van der Waals surface area contributed by atoms with Crippen molar-refractivity contribution in [3.8, 4) is 17.0 Å². The predicted octanol–water partition coefficient (Wildman–Crippen LogP) is 2.17. The summed E-state index contributed by atoms with van der Waals surface area (Å²) in [5, 5.41) is 4.26. The van der Waals surface area contributed by atoms with Crippen molar-refractivity contribution in [1.82, 2.24) is 14.7 Å². The SMILES string of the molecule is CN1CCC(COc2ccc(-c3ccc(=O)n(C)n3)cc2)CC1. The van der Waals surface area contributed by atoms with Crippen molar-refractivity contribution in [2.75, 3.05) is 26.7 Å². The number of benzene rings is 1. The van der Waals surface area contributed by atoms with Crippen molar-refractivity contribution in [3.63, 3.8) is 0 Å². The van der Waals surface area contributed by atoms with Gasteiger partial charge >= 0.3 is 0 Å². The van der Waals surface area contributed by atoms with Crippen molar-refractivity contribution < 1.29 is 4.74 Å². The van der Waals surface area contributed by atoms with E-state index in [9.17, 15) is 4.79 Å². The predicted molar refractivity (Wildman–Crippen MR) is 90.6 cm³/mol. The first kappa shape index (κ1) is 15.7. The Morgan fingerprint density at radius 2 is 1.78 bits per heavy atom. The highest BCUT2D eigenvalue weighted by Gasteiger charge is 2.17. The zero-order chi connectivity index (χ0) is 16.2. The third kappa shape index (κ3) is 3.99. The first-order valence-corrected chi connectivity index (χ1v) is 8.08. The molecule has 122 valence electrons. The zero-order valence-corrected chi connectivity index (χ0v) is 13.7. The molecule has 2 heterocycles. The van der Waals surface area contributed by atoms with E-state index in [4.69, 9.17) is 4.74 Å². The lowest BCUT2D eigenvalue weighted by Gasteiger charge is -2.28. The van der Waals surface area contributed by atoms with Crippen LogP contribution in [0.5, 0.6) is 5.75 Å². The molecule has 1 aliphatic heterocycles. The Balaban J connectivity index is 1.60. The molecule has 23 heavy (non-hydrogen) atoms. The van der Waals surface area contributed by atoms with E-state index < -0.39 is 0 Å². The monoisotopic (exact) mass is 313 g/mol. The van der Waals surface area contributed by atoms with Crippen LogP contribution >= 0.6 is 0 Å². The van der Waals surface area contributed by atoms with Crippen molar-refractivity contribution in [3.05, 3.63) is 46.8 Å². The highest BCUT2D eigenvalue weighted by atomic mass is 16.5. The molecule has 1 aromatic carbocycles. The van der Waals surface area contributed by atoms with Crippen LogP contribution in [-0.2, 0) is 7.05 Å². The molecule has 1 saturated heterocycles. The van der Waals surface area contributed by atoms with Crippen LogP contribution in [0.3, 0.4) is 0 Å². The van der Waals surface area contributed by atoms with Gasteiger partial charge in [-0.2, -0.15) is 5.10 Å². The molecule has 5 heteroatoms. The van der Waals surface area contributed by atoms with E-state index in [2.05, 4.69) is 17.0 Å². The number of rotatable bonds is 4. The number of ether oxygens (including phenoxy) is 1. The normalized spacial score (nSPS) is 16.4. The van der Waals surface area contributed by atoms with Crippen LogP contribution in [0, 0.1) is 5.92 Å². The Morgan fingerprint density at radius 1 is 1.09 bits per heavy atom. The fourth-order valence-corrected chi connectivity index (χ4v) is 2.82. The second kappa shape index (κ2) is 6.96. The molecule has 2 aromatic rings. The maximum atomic E-state index is 11.4. The van der Waals surface area contributed by atoms with Gasteiger partial charge in [0.05, 0.1) is 12.3 Å². The zero-order valence-electron chi connectivity index (χ0n) is 13.7. The van der Waals surface area contributed by atoms with Gasteiger partial charge in [-0.05, 0) is 69.2 Å². The second-order valence-electron chi connectivity index (χ2n) is 6.26. The van der Waals surface area contributed by atoms with Crippen LogP contribution in [0.4, 0.5) is 0 Å². The van der Waals surface area contributed by atoms with Crippen molar-refractivity contribution in [2.24, 2.45) is 13.0 Å². The molecule has 3 rings (SSSR count). The largest absolute Gasteiger partial charge is 0.493 e. The molecule has 0 aliphatic carbocycles. The first-order valence-electron chi connectivity index (χ1n) is 8.08. The van der Waals surface area contributed by atoms with Gasteiger partial charge in [-0.25, -0.2) is 4.68 Å². The fourth-order valence-electron chi connectivity index (χ4n) is 2.82. The smallest absolute Gasteiger partial charge is 0.266 e. The van der Waals surface area contributed by atoms with Crippen LogP contribution in [0.2, 0.25) is 0 Å². The first-order chi connectivity index (χ1) is 11.1. The fraction of sp³-hybridized carbons (Fsp3) is 0.444. The molecule has 1 fully saturated rings. The summed E-state index contributed by atoms with van der Waals surface area (Å²) < 4.78 is 7.27. The van der Waals surface area contributed by atoms with Crippen LogP contribution in [0.15, 0.2) is 41.2 Å². The van der Waals surface area contributed by atoms with Crippen LogP contribution < -0.4 is 10.3 Å². The van der Waals surface area contributed by atoms with E-state index in [0.717, 1.165) is 36.7 Å². The van der Waals surface area contributed by atoms with Gasteiger partial charge in [0.2, 0.25) is 0 Å². The van der Waals surface area contributed by atoms with Crippen molar-refractivity contribution in [1.29, 1.82) is 0 Å². The van der Waals surface area contributed by atoms with E-state index in [0.29, 0.717) is 5.92 Å². The summed E-state index contributed by atoms with van der Waals surface area (Å²) in [5.74, 6) is 1.54. The summed E-state index contributed by atoms with van der Waals surface area (Å²) in [6, 6.07) is 11.2. The number of hydrogen-bond acceptors (Lipinski definition) is 4. The number of nitrogens with zero attached hydrogens (tertiary/aromatic N) is 3. The average molecular weight is 313 g/mol. The van der Waals surface area contributed by atoms with Crippen molar-refractivity contribution in [2.45, 2.75) is 12.8 Å². The maximum Gasteiger partial charge on any atom is 0.266 e. The summed E-state index contributed by atoms with van der Waals surface area (Å²) >= 11 is 0. The molecular weight excluding hydrogens is 290 g/mol. The molecule has 0 spiro atoms. The molecule has 0 saturated carbocycles. The minimum atomic E-state index is -0.105. The van der Waals surface area contributed by atoms with Crippen molar-refractivity contribution >= 4 is 0 Å². The lowest BCUT2D eigenvalue weighted by atomic mass is 9.98. The molecule has 5 nitrogen and oxygen atoms in total. The molecule has 0 amide bonds. The summed E-state index contributed by atoms with van der Waals surface area (Å²) in [6.45, 7) is 3.10. The summed E-state index contributed by atoms with van der Waals surface area (Å²) in [5.41, 5.74) is 1.66. The summed E-state index contributed by atoms with van der Waals surface area (Å²) in [7, 11) is 3.83. The van der Waals surface area contributed by atoms with Crippen LogP contribution in [0.25, 0.3) is 11.3 Å².